The Morgan fingerprint density at radius 1 is 1.33 bits per heavy atom. The van der Waals surface area contributed by atoms with Gasteiger partial charge in [0.05, 0.1) is 24.7 Å². The third-order valence-corrected chi connectivity index (χ3v) is 3.15. The van der Waals surface area contributed by atoms with E-state index in [2.05, 4.69) is 10.3 Å². The molecular weight excluding hydrogens is 314 g/mol. The summed E-state index contributed by atoms with van der Waals surface area (Å²) in [7, 11) is 1.40. The van der Waals surface area contributed by atoms with Crippen LogP contribution in [0, 0.1) is 17.0 Å². The molecule has 1 N–H and O–H groups in total. The van der Waals surface area contributed by atoms with Crippen LogP contribution < -0.4 is 14.8 Å². The Kier molecular flexibility index (Phi) is 5.31. The number of hydrogen-bond acceptors (Lipinski definition) is 6. The number of aromatic nitrogens is 1. The number of aryl methyl sites for hydroxylation is 1. The number of nitro groups is 1. The van der Waals surface area contributed by atoms with Crippen LogP contribution in [0.5, 0.6) is 11.5 Å². The smallest absolute Gasteiger partial charge is 0.286 e. The molecule has 2 rings (SSSR count). The molecule has 1 aromatic heterocycles. The molecule has 0 saturated carbocycles. The van der Waals surface area contributed by atoms with Crippen LogP contribution in [-0.4, -0.2) is 29.5 Å². The van der Waals surface area contributed by atoms with Crippen molar-refractivity contribution in [1.82, 2.24) is 4.98 Å². The molecule has 0 fully saturated rings. The van der Waals surface area contributed by atoms with Gasteiger partial charge in [-0.25, -0.2) is 4.98 Å². The Labute approximate surface area is 138 Å². The van der Waals surface area contributed by atoms with E-state index in [1.54, 1.807) is 32.0 Å². The van der Waals surface area contributed by atoms with E-state index in [0.29, 0.717) is 18.1 Å². The highest BCUT2D eigenvalue weighted by Gasteiger charge is 2.25. The normalized spacial score (nSPS) is 10.1. The molecule has 24 heavy (non-hydrogen) atoms. The van der Waals surface area contributed by atoms with Gasteiger partial charge in [-0.05, 0) is 26.0 Å². The van der Waals surface area contributed by atoms with Gasteiger partial charge in [-0.15, -0.1) is 0 Å². The van der Waals surface area contributed by atoms with Gasteiger partial charge in [-0.2, -0.15) is 0 Å². The van der Waals surface area contributed by atoms with Crippen LogP contribution in [0.1, 0.15) is 23.0 Å². The molecule has 0 aliphatic heterocycles. The predicted octanol–water partition coefficient (Wildman–Crippen LogP) is 2.96. The number of hydrogen-bond donors (Lipinski definition) is 1. The third kappa shape index (κ3) is 3.78. The summed E-state index contributed by atoms with van der Waals surface area (Å²) < 4.78 is 10.5. The van der Waals surface area contributed by atoms with Crippen molar-refractivity contribution in [3.63, 3.8) is 0 Å². The summed E-state index contributed by atoms with van der Waals surface area (Å²) >= 11 is 0. The molecule has 0 spiro atoms. The molecule has 2 aromatic rings. The van der Waals surface area contributed by atoms with Crippen molar-refractivity contribution >= 4 is 17.4 Å². The van der Waals surface area contributed by atoms with Crippen LogP contribution in [0.3, 0.4) is 0 Å². The van der Waals surface area contributed by atoms with Gasteiger partial charge in [-0.1, -0.05) is 6.07 Å². The van der Waals surface area contributed by atoms with E-state index in [9.17, 15) is 14.9 Å². The molecule has 0 saturated heterocycles. The monoisotopic (exact) mass is 331 g/mol. The second-order valence-electron chi connectivity index (χ2n) is 4.83. The number of anilines is 1. The molecule has 1 heterocycles. The van der Waals surface area contributed by atoms with Gasteiger partial charge in [-0.3, -0.25) is 14.9 Å². The molecule has 0 bridgehead atoms. The molecule has 126 valence electrons. The topological polar surface area (TPSA) is 104 Å². The Morgan fingerprint density at radius 3 is 2.67 bits per heavy atom. The summed E-state index contributed by atoms with van der Waals surface area (Å²) in [6.07, 6.45) is 0. The van der Waals surface area contributed by atoms with Crippen LogP contribution in [-0.2, 0) is 0 Å². The fourth-order valence-corrected chi connectivity index (χ4v) is 2.11. The zero-order chi connectivity index (χ0) is 17.7. The van der Waals surface area contributed by atoms with Gasteiger partial charge >= 0.3 is 0 Å². The van der Waals surface area contributed by atoms with Crippen LogP contribution >= 0.6 is 0 Å². The number of methoxy groups -OCH3 is 1. The summed E-state index contributed by atoms with van der Waals surface area (Å²) in [6, 6.07) is 7.57. The second kappa shape index (κ2) is 7.40. The molecule has 8 nitrogen and oxygen atoms in total. The van der Waals surface area contributed by atoms with Gasteiger partial charge in [0.15, 0.2) is 11.5 Å². The number of pyridine rings is 1. The lowest BCUT2D eigenvalue weighted by Crippen LogP contribution is -2.15. The Bertz CT molecular complexity index is 776. The van der Waals surface area contributed by atoms with Crippen molar-refractivity contribution in [2.24, 2.45) is 0 Å². The maximum atomic E-state index is 12.4. The Hall–Kier alpha value is -3.16. The molecule has 1 amide bonds. The highest BCUT2D eigenvalue weighted by Crippen LogP contribution is 2.35. The van der Waals surface area contributed by atoms with E-state index < -0.39 is 10.8 Å². The van der Waals surface area contributed by atoms with Crippen molar-refractivity contribution < 1.29 is 19.2 Å². The first kappa shape index (κ1) is 17.2. The lowest BCUT2D eigenvalue weighted by Gasteiger charge is -2.12. The molecular formula is C16H17N3O5. The largest absolute Gasteiger partial charge is 0.493 e. The minimum absolute atomic E-state index is 0.136. The number of ether oxygens (including phenoxy) is 2. The molecule has 0 aliphatic rings. The van der Waals surface area contributed by atoms with Crippen LogP contribution in [0.2, 0.25) is 0 Å². The number of nitro benzene ring substituents is 1. The number of amides is 1. The fraction of sp³-hybridized carbons (Fsp3) is 0.250. The van der Waals surface area contributed by atoms with E-state index in [1.807, 2.05) is 0 Å². The first-order valence-corrected chi connectivity index (χ1v) is 7.20. The standard InChI is InChI=1S/C16H17N3O5/c1-4-24-14-9-12(19(21)22)11(8-13(14)23-3)16(20)18-15-7-5-6-10(2)17-15/h5-9H,4H2,1-3H3,(H,17,18,20). The molecule has 0 unspecified atom stereocenters. The summed E-state index contributed by atoms with van der Waals surface area (Å²) in [5, 5.41) is 13.8. The minimum Gasteiger partial charge on any atom is -0.493 e. The van der Waals surface area contributed by atoms with E-state index in [0.717, 1.165) is 0 Å². The maximum Gasteiger partial charge on any atom is 0.286 e. The molecule has 8 heteroatoms. The summed E-state index contributed by atoms with van der Waals surface area (Å²) in [6.45, 7) is 3.83. The number of nitrogens with one attached hydrogen (secondary N) is 1. The molecule has 0 radical (unpaired) electrons. The number of nitrogens with zero attached hydrogens (tertiary/aromatic N) is 2. The number of rotatable bonds is 6. The van der Waals surface area contributed by atoms with Crippen molar-refractivity contribution in [3.8, 4) is 11.5 Å². The zero-order valence-corrected chi connectivity index (χ0v) is 13.5. The van der Waals surface area contributed by atoms with Crippen molar-refractivity contribution in [2.75, 3.05) is 19.0 Å². The first-order valence-electron chi connectivity index (χ1n) is 7.20. The summed E-state index contributed by atoms with van der Waals surface area (Å²) in [5.41, 5.74) is 0.208. The van der Waals surface area contributed by atoms with Crippen LogP contribution in [0.25, 0.3) is 0 Å². The molecule has 0 aliphatic carbocycles. The van der Waals surface area contributed by atoms with Gasteiger partial charge < -0.3 is 14.8 Å². The zero-order valence-electron chi connectivity index (χ0n) is 13.5. The number of benzene rings is 1. The van der Waals surface area contributed by atoms with Gasteiger partial charge in [0.25, 0.3) is 11.6 Å². The lowest BCUT2D eigenvalue weighted by molar-refractivity contribution is -0.385. The Balaban J connectivity index is 2.43. The number of carbonyl (C=O) groups excluding carboxylic acids is 1. The summed E-state index contributed by atoms with van der Waals surface area (Å²) in [4.78, 5) is 27.2. The average molecular weight is 331 g/mol. The number of carbonyl (C=O) groups is 1. The van der Waals surface area contributed by atoms with E-state index >= 15 is 0 Å². The second-order valence-corrected chi connectivity index (χ2v) is 4.83. The van der Waals surface area contributed by atoms with Gasteiger partial charge in [0, 0.05) is 11.8 Å². The van der Waals surface area contributed by atoms with E-state index in [-0.39, 0.29) is 22.7 Å². The van der Waals surface area contributed by atoms with Crippen molar-refractivity contribution in [3.05, 3.63) is 51.7 Å². The highest BCUT2D eigenvalue weighted by atomic mass is 16.6. The maximum absolute atomic E-state index is 12.4. The minimum atomic E-state index is -0.652. The highest BCUT2D eigenvalue weighted by molar-refractivity contribution is 6.07. The van der Waals surface area contributed by atoms with Gasteiger partial charge in [0.2, 0.25) is 0 Å². The average Bonchev–Trinajstić information content (AvgIpc) is 2.54. The van der Waals surface area contributed by atoms with Crippen molar-refractivity contribution in [2.45, 2.75) is 13.8 Å². The summed E-state index contributed by atoms with van der Waals surface area (Å²) in [5.74, 6) is 0.102. The quantitative estimate of drug-likeness (QED) is 0.644. The van der Waals surface area contributed by atoms with Crippen LogP contribution in [0.4, 0.5) is 11.5 Å². The third-order valence-electron chi connectivity index (χ3n) is 3.15. The van der Waals surface area contributed by atoms with Crippen LogP contribution in [0.15, 0.2) is 30.3 Å². The lowest BCUT2D eigenvalue weighted by atomic mass is 10.1. The van der Waals surface area contributed by atoms with E-state index in [1.165, 1.54) is 19.2 Å². The Morgan fingerprint density at radius 2 is 2.08 bits per heavy atom. The first-order chi connectivity index (χ1) is 11.5. The van der Waals surface area contributed by atoms with Crippen molar-refractivity contribution in [1.29, 1.82) is 0 Å². The fourth-order valence-electron chi connectivity index (χ4n) is 2.11. The molecule has 0 atom stereocenters. The van der Waals surface area contributed by atoms with E-state index in [4.69, 9.17) is 9.47 Å². The van der Waals surface area contributed by atoms with Gasteiger partial charge in [0.1, 0.15) is 11.4 Å². The molecule has 1 aromatic carbocycles. The SMILES string of the molecule is CCOc1cc([N+](=O)[O-])c(C(=O)Nc2cccc(C)n2)cc1OC. The predicted molar refractivity (Wildman–Crippen MR) is 87.7 cm³/mol.